The quantitative estimate of drug-likeness (QED) is 0.531. The number of ether oxygens (including phenoxy) is 2. The van der Waals surface area contributed by atoms with Gasteiger partial charge in [0, 0.05) is 31.2 Å². The maximum Gasteiger partial charge on any atom is 0.230 e. The van der Waals surface area contributed by atoms with E-state index in [1.165, 1.54) is 12.1 Å². The highest BCUT2D eigenvalue weighted by atomic mass is 32.2. The zero-order valence-electron chi connectivity index (χ0n) is 11.9. The number of amides is 1. The van der Waals surface area contributed by atoms with Crippen molar-refractivity contribution in [2.24, 2.45) is 0 Å². The fourth-order valence-corrected chi connectivity index (χ4v) is 2.18. The Balaban J connectivity index is 2.11. The molecule has 0 unspecified atom stereocenters. The lowest BCUT2D eigenvalue weighted by atomic mass is 10.3. The summed E-state index contributed by atoms with van der Waals surface area (Å²) in [7, 11) is 1.60. The summed E-state index contributed by atoms with van der Waals surface area (Å²) in [5, 5.41) is 2.71. The van der Waals surface area contributed by atoms with Gasteiger partial charge in [-0.15, -0.1) is 11.8 Å². The highest BCUT2D eigenvalue weighted by Gasteiger charge is 2.07. The van der Waals surface area contributed by atoms with Crippen LogP contribution in [0.5, 0.6) is 0 Å². The smallest absolute Gasteiger partial charge is 0.230 e. The van der Waals surface area contributed by atoms with Gasteiger partial charge in [-0.2, -0.15) is 0 Å². The molecule has 118 valence electrons. The average molecular weight is 319 g/mol. The van der Waals surface area contributed by atoms with Gasteiger partial charge in [-0.25, -0.2) is 8.78 Å². The van der Waals surface area contributed by atoms with Crippen LogP contribution >= 0.6 is 11.8 Å². The van der Waals surface area contributed by atoms with Crippen molar-refractivity contribution in [3.8, 4) is 0 Å². The fraction of sp³-hybridized carbons (Fsp3) is 0.500. The van der Waals surface area contributed by atoms with E-state index in [0.29, 0.717) is 32.8 Å². The normalized spacial score (nSPS) is 10.6. The zero-order valence-corrected chi connectivity index (χ0v) is 12.7. The van der Waals surface area contributed by atoms with Crippen LogP contribution in [0.4, 0.5) is 8.78 Å². The molecule has 1 aromatic carbocycles. The van der Waals surface area contributed by atoms with Crippen molar-refractivity contribution in [2.45, 2.75) is 11.3 Å². The molecule has 1 N–H and O–H groups in total. The first kappa shape index (κ1) is 17.9. The molecular weight excluding hydrogens is 300 g/mol. The number of hydrogen-bond acceptors (Lipinski definition) is 4. The van der Waals surface area contributed by atoms with Crippen LogP contribution in [0, 0.1) is 11.6 Å². The third-order valence-corrected chi connectivity index (χ3v) is 3.52. The molecule has 1 aromatic rings. The molecule has 0 heterocycles. The van der Waals surface area contributed by atoms with E-state index >= 15 is 0 Å². The van der Waals surface area contributed by atoms with Crippen molar-refractivity contribution in [3.63, 3.8) is 0 Å². The number of carbonyl (C=O) groups excluding carboxylic acids is 1. The summed E-state index contributed by atoms with van der Waals surface area (Å²) in [5.74, 6) is -1.39. The highest BCUT2D eigenvalue weighted by Crippen LogP contribution is 2.21. The van der Waals surface area contributed by atoms with Crippen LogP contribution in [-0.4, -0.2) is 45.1 Å². The van der Waals surface area contributed by atoms with Crippen LogP contribution in [-0.2, 0) is 14.3 Å². The summed E-state index contributed by atoms with van der Waals surface area (Å²) in [6.07, 6.45) is 0.699. The lowest BCUT2D eigenvalue weighted by Crippen LogP contribution is -2.27. The standard InChI is InChI=1S/C14H19F2NO3S/c1-19-7-8-20-6-2-5-17-14(18)10-21-13-4-3-11(15)9-12(13)16/h3-4,9H,2,5-8,10H2,1H3,(H,17,18). The minimum absolute atomic E-state index is 0.0904. The van der Waals surface area contributed by atoms with Crippen LogP contribution in [0.2, 0.25) is 0 Å². The molecule has 21 heavy (non-hydrogen) atoms. The first-order valence-corrected chi connectivity index (χ1v) is 7.53. The Morgan fingerprint density at radius 3 is 2.81 bits per heavy atom. The molecule has 0 bridgehead atoms. The van der Waals surface area contributed by atoms with Crippen LogP contribution in [0.25, 0.3) is 0 Å². The van der Waals surface area contributed by atoms with E-state index in [9.17, 15) is 13.6 Å². The second-order valence-corrected chi connectivity index (χ2v) is 5.19. The van der Waals surface area contributed by atoms with Crippen molar-refractivity contribution in [3.05, 3.63) is 29.8 Å². The first-order chi connectivity index (χ1) is 10.1. The number of hydrogen-bond donors (Lipinski definition) is 1. The van der Waals surface area contributed by atoms with Gasteiger partial charge in [0.25, 0.3) is 0 Å². The molecule has 4 nitrogen and oxygen atoms in total. The number of carbonyl (C=O) groups is 1. The van der Waals surface area contributed by atoms with Gasteiger partial charge in [-0.05, 0) is 18.6 Å². The maximum atomic E-state index is 13.3. The first-order valence-electron chi connectivity index (χ1n) is 6.54. The molecular formula is C14H19F2NO3S. The Morgan fingerprint density at radius 1 is 1.29 bits per heavy atom. The lowest BCUT2D eigenvalue weighted by Gasteiger charge is -2.06. The molecule has 0 radical (unpaired) electrons. The largest absolute Gasteiger partial charge is 0.382 e. The van der Waals surface area contributed by atoms with Crippen molar-refractivity contribution >= 4 is 17.7 Å². The van der Waals surface area contributed by atoms with E-state index in [4.69, 9.17) is 9.47 Å². The zero-order chi connectivity index (χ0) is 15.5. The molecule has 0 aliphatic carbocycles. The monoisotopic (exact) mass is 319 g/mol. The topological polar surface area (TPSA) is 47.6 Å². The Bertz CT molecular complexity index is 446. The third kappa shape index (κ3) is 7.99. The summed E-state index contributed by atoms with van der Waals surface area (Å²) in [4.78, 5) is 11.8. The fourth-order valence-electron chi connectivity index (χ4n) is 1.43. The third-order valence-electron chi connectivity index (χ3n) is 2.47. The van der Waals surface area contributed by atoms with E-state index in [1.807, 2.05) is 0 Å². The Morgan fingerprint density at radius 2 is 2.10 bits per heavy atom. The summed E-state index contributed by atoms with van der Waals surface area (Å²) < 4.78 is 36.1. The molecule has 0 aliphatic heterocycles. The predicted molar refractivity (Wildman–Crippen MR) is 77.4 cm³/mol. The molecule has 0 saturated heterocycles. The van der Waals surface area contributed by atoms with E-state index < -0.39 is 11.6 Å². The molecule has 7 heteroatoms. The van der Waals surface area contributed by atoms with Gasteiger partial charge in [0.15, 0.2) is 0 Å². The van der Waals surface area contributed by atoms with Crippen molar-refractivity contribution in [2.75, 3.05) is 39.2 Å². The molecule has 0 saturated carbocycles. The lowest BCUT2D eigenvalue weighted by molar-refractivity contribution is -0.118. The van der Waals surface area contributed by atoms with Gasteiger partial charge in [-0.3, -0.25) is 4.79 Å². The van der Waals surface area contributed by atoms with Gasteiger partial charge in [0.1, 0.15) is 11.6 Å². The predicted octanol–water partition coefficient (Wildman–Crippen LogP) is 2.23. The minimum Gasteiger partial charge on any atom is -0.382 e. The number of thioether (sulfide) groups is 1. The summed E-state index contributed by atoms with van der Waals surface area (Å²) >= 11 is 1.04. The summed E-state index contributed by atoms with van der Waals surface area (Å²) in [5.41, 5.74) is 0. The SMILES string of the molecule is COCCOCCCNC(=O)CSc1ccc(F)cc1F. The van der Waals surface area contributed by atoms with Gasteiger partial charge < -0.3 is 14.8 Å². The molecule has 0 aliphatic rings. The second-order valence-electron chi connectivity index (χ2n) is 4.17. The number of halogens is 2. The Kier molecular flexibility index (Phi) is 8.96. The van der Waals surface area contributed by atoms with E-state index in [0.717, 1.165) is 17.8 Å². The summed E-state index contributed by atoms with van der Waals surface area (Å²) in [6.45, 7) is 2.12. The van der Waals surface area contributed by atoms with Gasteiger partial charge in [0.2, 0.25) is 5.91 Å². The summed E-state index contributed by atoms with van der Waals surface area (Å²) in [6, 6.07) is 3.30. The molecule has 0 spiro atoms. The van der Waals surface area contributed by atoms with E-state index in [2.05, 4.69) is 5.32 Å². The number of benzene rings is 1. The van der Waals surface area contributed by atoms with Gasteiger partial charge >= 0.3 is 0 Å². The van der Waals surface area contributed by atoms with Gasteiger partial charge in [0.05, 0.1) is 19.0 Å². The van der Waals surface area contributed by atoms with Crippen LogP contribution in [0.3, 0.4) is 0 Å². The van der Waals surface area contributed by atoms with Crippen molar-refractivity contribution in [1.29, 1.82) is 0 Å². The maximum absolute atomic E-state index is 13.3. The van der Waals surface area contributed by atoms with Crippen LogP contribution < -0.4 is 5.32 Å². The Labute approximate surface area is 127 Å². The van der Waals surface area contributed by atoms with E-state index in [-0.39, 0.29) is 16.6 Å². The van der Waals surface area contributed by atoms with Gasteiger partial charge in [-0.1, -0.05) is 0 Å². The average Bonchev–Trinajstić information content (AvgIpc) is 2.45. The van der Waals surface area contributed by atoms with Crippen LogP contribution in [0.15, 0.2) is 23.1 Å². The molecule has 0 fully saturated rings. The van der Waals surface area contributed by atoms with Crippen LogP contribution in [0.1, 0.15) is 6.42 Å². The number of rotatable bonds is 10. The molecule has 1 amide bonds. The molecule has 0 aromatic heterocycles. The molecule has 0 atom stereocenters. The van der Waals surface area contributed by atoms with Crippen molar-refractivity contribution < 1.29 is 23.0 Å². The molecule has 1 rings (SSSR count). The minimum atomic E-state index is -0.653. The number of nitrogens with one attached hydrogen (secondary N) is 1. The van der Waals surface area contributed by atoms with E-state index in [1.54, 1.807) is 7.11 Å². The number of methoxy groups -OCH3 is 1. The van der Waals surface area contributed by atoms with Crippen molar-refractivity contribution in [1.82, 2.24) is 5.32 Å². The Hall–Kier alpha value is -1.18. The second kappa shape index (κ2) is 10.5. The highest BCUT2D eigenvalue weighted by molar-refractivity contribution is 8.00.